The summed E-state index contributed by atoms with van der Waals surface area (Å²) in [6.45, 7) is 0.783. The van der Waals surface area contributed by atoms with Crippen LogP contribution in [0.3, 0.4) is 0 Å². The number of methoxy groups -OCH3 is 1. The highest BCUT2D eigenvalue weighted by Crippen LogP contribution is 2.22. The first-order chi connectivity index (χ1) is 9.85. The molecule has 0 fully saturated rings. The van der Waals surface area contributed by atoms with Crippen molar-refractivity contribution in [1.29, 1.82) is 0 Å². The second-order valence-electron chi connectivity index (χ2n) is 4.52. The molecule has 2 heterocycles. The summed E-state index contributed by atoms with van der Waals surface area (Å²) in [6, 6.07) is 12.0. The third-order valence-electron chi connectivity index (χ3n) is 3.11. The van der Waals surface area contributed by atoms with Crippen LogP contribution in [-0.4, -0.2) is 21.6 Å². The van der Waals surface area contributed by atoms with Crippen molar-refractivity contribution in [2.24, 2.45) is 0 Å². The van der Waals surface area contributed by atoms with Crippen molar-refractivity contribution in [1.82, 2.24) is 14.5 Å². The summed E-state index contributed by atoms with van der Waals surface area (Å²) >= 11 is 0. The molecule has 1 aromatic carbocycles. The highest BCUT2D eigenvalue weighted by molar-refractivity contribution is 5.61. The lowest BCUT2D eigenvalue weighted by atomic mass is 10.1. The number of benzene rings is 1. The molecular weight excluding hydrogens is 250 g/mol. The van der Waals surface area contributed by atoms with Gasteiger partial charge in [0.1, 0.15) is 5.75 Å². The molecule has 3 aromatic rings. The number of nitrogens with zero attached hydrogens (tertiary/aromatic N) is 3. The number of ether oxygens (including phenoxy) is 1. The Labute approximate surface area is 117 Å². The molecule has 100 valence electrons. The Morgan fingerprint density at radius 1 is 1.20 bits per heavy atom. The topological polar surface area (TPSA) is 39.9 Å². The van der Waals surface area contributed by atoms with Crippen LogP contribution in [0.15, 0.2) is 61.3 Å². The van der Waals surface area contributed by atoms with Gasteiger partial charge >= 0.3 is 0 Å². The van der Waals surface area contributed by atoms with E-state index in [1.54, 1.807) is 19.6 Å². The van der Waals surface area contributed by atoms with Crippen molar-refractivity contribution in [3.8, 4) is 17.0 Å². The second-order valence-corrected chi connectivity index (χ2v) is 4.52. The van der Waals surface area contributed by atoms with Crippen LogP contribution in [0.2, 0.25) is 0 Å². The second kappa shape index (κ2) is 5.57. The lowest BCUT2D eigenvalue weighted by Crippen LogP contribution is -1.97. The Morgan fingerprint density at radius 2 is 2.15 bits per heavy atom. The normalized spacial score (nSPS) is 10.4. The van der Waals surface area contributed by atoms with Crippen LogP contribution in [-0.2, 0) is 6.54 Å². The fourth-order valence-corrected chi connectivity index (χ4v) is 2.06. The van der Waals surface area contributed by atoms with Crippen LogP contribution < -0.4 is 4.74 Å². The highest BCUT2D eigenvalue weighted by Gasteiger charge is 2.02. The van der Waals surface area contributed by atoms with Crippen molar-refractivity contribution < 1.29 is 4.74 Å². The Morgan fingerprint density at radius 3 is 2.85 bits per heavy atom. The van der Waals surface area contributed by atoms with Crippen LogP contribution >= 0.6 is 0 Å². The third-order valence-corrected chi connectivity index (χ3v) is 3.11. The molecule has 0 amide bonds. The maximum Gasteiger partial charge on any atom is 0.119 e. The number of rotatable bonds is 4. The molecular formula is C16H15N3O. The molecule has 4 heteroatoms. The van der Waals surface area contributed by atoms with E-state index in [-0.39, 0.29) is 0 Å². The lowest BCUT2D eigenvalue weighted by Gasteiger charge is -2.06. The first-order valence-electron chi connectivity index (χ1n) is 6.40. The lowest BCUT2D eigenvalue weighted by molar-refractivity contribution is 0.415. The Kier molecular flexibility index (Phi) is 3.46. The molecule has 0 atom stereocenters. The van der Waals surface area contributed by atoms with E-state index in [4.69, 9.17) is 4.74 Å². The van der Waals surface area contributed by atoms with Crippen LogP contribution in [0.4, 0.5) is 0 Å². The van der Waals surface area contributed by atoms with E-state index < -0.39 is 0 Å². The van der Waals surface area contributed by atoms with Gasteiger partial charge in [0.25, 0.3) is 0 Å². The minimum atomic E-state index is 0.783. The van der Waals surface area contributed by atoms with Gasteiger partial charge in [0.05, 0.1) is 19.1 Å². The fourth-order valence-electron chi connectivity index (χ4n) is 2.06. The van der Waals surface area contributed by atoms with E-state index in [1.807, 2.05) is 47.3 Å². The molecule has 0 saturated heterocycles. The molecule has 3 rings (SSSR count). The summed E-state index contributed by atoms with van der Waals surface area (Å²) in [5.74, 6) is 0.840. The number of hydrogen-bond acceptors (Lipinski definition) is 3. The number of hydrogen-bond donors (Lipinski definition) is 0. The summed E-state index contributed by atoms with van der Waals surface area (Å²) in [5, 5.41) is 0. The number of aromatic nitrogens is 3. The Balaban J connectivity index is 1.81. The van der Waals surface area contributed by atoms with Crippen LogP contribution in [0.5, 0.6) is 5.75 Å². The van der Waals surface area contributed by atoms with Gasteiger partial charge in [-0.25, -0.2) is 4.98 Å². The summed E-state index contributed by atoms with van der Waals surface area (Å²) in [4.78, 5) is 8.55. The van der Waals surface area contributed by atoms with Crippen molar-refractivity contribution >= 4 is 0 Å². The number of imidazole rings is 1. The molecule has 0 radical (unpaired) electrons. The molecule has 0 bridgehead atoms. The van der Waals surface area contributed by atoms with Gasteiger partial charge in [-0.05, 0) is 23.8 Å². The molecule has 0 N–H and O–H groups in total. The third kappa shape index (κ3) is 2.69. The highest BCUT2D eigenvalue weighted by atomic mass is 16.5. The van der Waals surface area contributed by atoms with Gasteiger partial charge in [0, 0.05) is 30.7 Å². The van der Waals surface area contributed by atoms with Crippen LogP contribution in [0, 0.1) is 0 Å². The molecule has 0 spiro atoms. The summed E-state index contributed by atoms with van der Waals surface area (Å²) in [6.07, 6.45) is 7.42. The van der Waals surface area contributed by atoms with E-state index >= 15 is 0 Å². The minimum Gasteiger partial charge on any atom is -0.497 e. The van der Waals surface area contributed by atoms with E-state index in [2.05, 4.69) is 16.0 Å². The molecule has 0 unspecified atom stereocenters. The van der Waals surface area contributed by atoms with Crippen molar-refractivity contribution in [2.45, 2.75) is 6.54 Å². The van der Waals surface area contributed by atoms with Crippen LogP contribution in [0.25, 0.3) is 11.3 Å². The molecule has 0 aliphatic carbocycles. The van der Waals surface area contributed by atoms with Gasteiger partial charge in [-0.1, -0.05) is 18.2 Å². The van der Waals surface area contributed by atoms with Gasteiger partial charge in [0.15, 0.2) is 0 Å². The molecule has 2 aromatic heterocycles. The van der Waals surface area contributed by atoms with Crippen LogP contribution in [0.1, 0.15) is 5.56 Å². The summed E-state index contributed by atoms with van der Waals surface area (Å²) in [5.41, 5.74) is 3.14. The molecule has 0 aliphatic rings. The van der Waals surface area contributed by atoms with Crippen molar-refractivity contribution in [2.75, 3.05) is 7.11 Å². The SMILES string of the molecule is COc1cccc(-c2ccc(Cn3ccnc3)cn2)c1. The van der Waals surface area contributed by atoms with Crippen molar-refractivity contribution in [3.05, 3.63) is 66.9 Å². The number of pyridine rings is 1. The first-order valence-corrected chi connectivity index (χ1v) is 6.40. The van der Waals surface area contributed by atoms with E-state index in [0.29, 0.717) is 0 Å². The maximum absolute atomic E-state index is 5.23. The predicted molar refractivity (Wildman–Crippen MR) is 77.6 cm³/mol. The molecule has 0 aliphatic heterocycles. The van der Waals surface area contributed by atoms with Crippen molar-refractivity contribution in [3.63, 3.8) is 0 Å². The van der Waals surface area contributed by atoms with Gasteiger partial charge in [-0.3, -0.25) is 4.98 Å². The summed E-state index contributed by atoms with van der Waals surface area (Å²) < 4.78 is 7.25. The van der Waals surface area contributed by atoms with Gasteiger partial charge in [0.2, 0.25) is 0 Å². The zero-order chi connectivity index (χ0) is 13.8. The summed E-state index contributed by atoms with van der Waals surface area (Å²) in [7, 11) is 1.67. The molecule has 4 nitrogen and oxygen atoms in total. The minimum absolute atomic E-state index is 0.783. The van der Waals surface area contributed by atoms with E-state index in [0.717, 1.165) is 29.1 Å². The fraction of sp³-hybridized carbons (Fsp3) is 0.125. The quantitative estimate of drug-likeness (QED) is 0.728. The average Bonchev–Trinajstić information content (AvgIpc) is 3.01. The Bertz CT molecular complexity index is 675. The van der Waals surface area contributed by atoms with Gasteiger partial charge in [-0.2, -0.15) is 0 Å². The smallest absolute Gasteiger partial charge is 0.119 e. The maximum atomic E-state index is 5.23. The molecule has 0 saturated carbocycles. The zero-order valence-electron chi connectivity index (χ0n) is 11.2. The van der Waals surface area contributed by atoms with Gasteiger partial charge < -0.3 is 9.30 Å². The Hall–Kier alpha value is -2.62. The van der Waals surface area contributed by atoms with Gasteiger partial charge in [-0.15, -0.1) is 0 Å². The zero-order valence-corrected chi connectivity index (χ0v) is 11.2. The first kappa shape index (κ1) is 12.4. The predicted octanol–water partition coefficient (Wildman–Crippen LogP) is 3.00. The molecule has 20 heavy (non-hydrogen) atoms. The average molecular weight is 265 g/mol. The van der Waals surface area contributed by atoms with E-state index in [1.165, 1.54) is 0 Å². The van der Waals surface area contributed by atoms with E-state index in [9.17, 15) is 0 Å². The standard InChI is InChI=1S/C16H15N3O/c1-20-15-4-2-3-14(9-15)16-6-5-13(10-18-16)11-19-8-7-17-12-19/h2-10,12H,11H2,1H3. The monoisotopic (exact) mass is 265 g/mol. The largest absolute Gasteiger partial charge is 0.497 e.